The van der Waals surface area contributed by atoms with E-state index in [9.17, 15) is 0 Å². The average Bonchev–Trinajstić information content (AvgIpc) is 3.38. The molecule has 0 saturated heterocycles. The summed E-state index contributed by atoms with van der Waals surface area (Å²) in [5.74, 6) is 0. The van der Waals surface area contributed by atoms with Crippen molar-refractivity contribution in [1.82, 2.24) is 0 Å². The Hall–Kier alpha value is -5.14. The molecule has 0 amide bonds. The lowest BCUT2D eigenvalue weighted by molar-refractivity contribution is 0.669. The third-order valence-corrected chi connectivity index (χ3v) is 8.44. The standard InChI is InChI=1S/C38H22O/c1-2-9-26-23(7-1)8-5-11-27(26)28-19-15-24-18-22-32-29(20-16-25-17-21-31(28)36(24)37(25)32)30-12-6-14-35-38(30)33-10-3-4-13-34(33)39-35/h1-22H. The van der Waals surface area contributed by atoms with E-state index in [0.29, 0.717) is 0 Å². The lowest BCUT2D eigenvalue weighted by Crippen LogP contribution is -1.90. The number of hydrogen-bond acceptors (Lipinski definition) is 1. The van der Waals surface area contributed by atoms with Gasteiger partial charge in [-0.15, -0.1) is 0 Å². The van der Waals surface area contributed by atoms with Crippen LogP contribution >= 0.6 is 0 Å². The molecule has 0 bridgehead atoms. The van der Waals surface area contributed by atoms with Gasteiger partial charge in [-0.05, 0) is 77.5 Å². The highest BCUT2D eigenvalue weighted by Crippen LogP contribution is 2.45. The van der Waals surface area contributed by atoms with Gasteiger partial charge in [-0.3, -0.25) is 0 Å². The fourth-order valence-corrected chi connectivity index (χ4v) is 6.73. The molecule has 1 nitrogen and oxygen atoms in total. The average molecular weight is 495 g/mol. The summed E-state index contributed by atoms with van der Waals surface area (Å²) in [5.41, 5.74) is 6.87. The first-order valence-electron chi connectivity index (χ1n) is 13.4. The van der Waals surface area contributed by atoms with Gasteiger partial charge in [-0.2, -0.15) is 0 Å². The molecule has 0 unspecified atom stereocenters. The van der Waals surface area contributed by atoms with Gasteiger partial charge in [-0.25, -0.2) is 0 Å². The summed E-state index contributed by atoms with van der Waals surface area (Å²) in [6.07, 6.45) is 0. The Kier molecular flexibility index (Phi) is 4.11. The molecular weight excluding hydrogens is 472 g/mol. The highest BCUT2D eigenvalue weighted by atomic mass is 16.3. The van der Waals surface area contributed by atoms with Gasteiger partial charge in [0.2, 0.25) is 0 Å². The molecule has 1 aromatic heterocycles. The summed E-state index contributed by atoms with van der Waals surface area (Å²) in [6, 6.07) is 48.4. The normalized spacial score (nSPS) is 12.1. The van der Waals surface area contributed by atoms with Gasteiger partial charge in [0.15, 0.2) is 0 Å². The van der Waals surface area contributed by atoms with Crippen molar-refractivity contribution in [1.29, 1.82) is 0 Å². The van der Waals surface area contributed by atoms with Gasteiger partial charge < -0.3 is 4.42 Å². The smallest absolute Gasteiger partial charge is 0.136 e. The summed E-state index contributed by atoms with van der Waals surface area (Å²) in [4.78, 5) is 0. The number of fused-ring (bicyclic) bond motifs is 4. The highest BCUT2D eigenvalue weighted by Gasteiger charge is 2.18. The Morgan fingerprint density at radius 1 is 0.282 bits per heavy atom. The van der Waals surface area contributed by atoms with E-state index in [1.807, 2.05) is 6.07 Å². The molecule has 0 aliphatic heterocycles. The number of benzene rings is 8. The van der Waals surface area contributed by atoms with Crippen molar-refractivity contribution in [2.24, 2.45) is 0 Å². The van der Waals surface area contributed by atoms with Gasteiger partial charge in [0, 0.05) is 10.8 Å². The molecule has 1 heteroatoms. The molecule has 0 aliphatic rings. The maximum atomic E-state index is 6.24. The summed E-state index contributed by atoms with van der Waals surface area (Å²) in [5, 5.41) is 12.7. The number of hydrogen-bond donors (Lipinski definition) is 0. The van der Waals surface area contributed by atoms with Crippen LogP contribution in [0.3, 0.4) is 0 Å². The van der Waals surface area contributed by atoms with Crippen molar-refractivity contribution < 1.29 is 4.42 Å². The maximum Gasteiger partial charge on any atom is 0.136 e. The summed E-state index contributed by atoms with van der Waals surface area (Å²) < 4.78 is 6.24. The molecule has 180 valence electrons. The molecule has 9 rings (SSSR count). The van der Waals surface area contributed by atoms with E-state index < -0.39 is 0 Å². The van der Waals surface area contributed by atoms with Crippen LogP contribution < -0.4 is 0 Å². The molecule has 1 heterocycles. The molecule has 9 aromatic rings. The summed E-state index contributed by atoms with van der Waals surface area (Å²) in [6.45, 7) is 0. The zero-order chi connectivity index (χ0) is 25.5. The molecule has 0 radical (unpaired) electrons. The van der Waals surface area contributed by atoms with Gasteiger partial charge in [0.1, 0.15) is 11.2 Å². The minimum Gasteiger partial charge on any atom is -0.456 e. The predicted octanol–water partition coefficient (Wildman–Crippen LogP) is 11.0. The van der Waals surface area contributed by atoms with E-state index in [4.69, 9.17) is 4.42 Å². The number of furan rings is 1. The Bertz CT molecular complexity index is 2380. The molecule has 0 spiro atoms. The van der Waals surface area contributed by atoms with Crippen molar-refractivity contribution in [2.45, 2.75) is 0 Å². The van der Waals surface area contributed by atoms with E-state index in [-0.39, 0.29) is 0 Å². The lowest BCUT2D eigenvalue weighted by atomic mass is 9.86. The van der Waals surface area contributed by atoms with Crippen molar-refractivity contribution in [3.05, 3.63) is 133 Å². The molecule has 0 N–H and O–H groups in total. The SMILES string of the molecule is c1ccc2c(-c3ccc4ccc5c(-c6cccc7oc8ccccc8c67)ccc6ccc3c4c65)cccc2c1. The minimum atomic E-state index is 0.928. The highest BCUT2D eigenvalue weighted by molar-refractivity contribution is 6.29. The summed E-state index contributed by atoms with van der Waals surface area (Å²) in [7, 11) is 0. The van der Waals surface area contributed by atoms with E-state index in [1.54, 1.807) is 0 Å². The minimum absolute atomic E-state index is 0.928. The Morgan fingerprint density at radius 2 is 0.821 bits per heavy atom. The number of rotatable bonds is 2. The molecule has 0 atom stereocenters. The molecule has 0 saturated carbocycles. The first kappa shape index (κ1) is 20.9. The quantitative estimate of drug-likeness (QED) is 0.218. The zero-order valence-corrected chi connectivity index (χ0v) is 21.1. The van der Waals surface area contributed by atoms with Crippen molar-refractivity contribution in [3.63, 3.8) is 0 Å². The fraction of sp³-hybridized carbons (Fsp3) is 0. The molecule has 39 heavy (non-hydrogen) atoms. The predicted molar refractivity (Wildman–Crippen MR) is 166 cm³/mol. The topological polar surface area (TPSA) is 13.1 Å². The third kappa shape index (κ3) is 2.85. The Labute approximate surface area is 224 Å². The van der Waals surface area contributed by atoms with Crippen LogP contribution in [0.15, 0.2) is 138 Å². The van der Waals surface area contributed by atoms with Crippen LogP contribution in [0.5, 0.6) is 0 Å². The molecular formula is C38H22O. The van der Waals surface area contributed by atoms with E-state index in [2.05, 4.69) is 127 Å². The largest absolute Gasteiger partial charge is 0.456 e. The Morgan fingerprint density at radius 3 is 1.62 bits per heavy atom. The van der Waals surface area contributed by atoms with Gasteiger partial charge in [-0.1, -0.05) is 121 Å². The molecule has 8 aromatic carbocycles. The first-order valence-corrected chi connectivity index (χ1v) is 13.4. The monoisotopic (exact) mass is 494 g/mol. The van der Waals surface area contributed by atoms with Crippen LogP contribution in [0, 0.1) is 0 Å². The molecule has 0 aliphatic carbocycles. The molecule has 0 fully saturated rings. The van der Waals surface area contributed by atoms with Crippen LogP contribution in [0.25, 0.3) is 87.3 Å². The first-order chi connectivity index (χ1) is 19.3. The van der Waals surface area contributed by atoms with Crippen molar-refractivity contribution >= 4 is 65.0 Å². The van der Waals surface area contributed by atoms with Crippen LogP contribution in [0.2, 0.25) is 0 Å². The second-order valence-corrected chi connectivity index (χ2v) is 10.5. The van der Waals surface area contributed by atoms with Gasteiger partial charge in [0.25, 0.3) is 0 Å². The van der Waals surface area contributed by atoms with Crippen molar-refractivity contribution in [2.75, 3.05) is 0 Å². The number of para-hydroxylation sites is 1. The van der Waals surface area contributed by atoms with Crippen LogP contribution in [-0.4, -0.2) is 0 Å². The van der Waals surface area contributed by atoms with E-state index in [1.165, 1.54) is 70.7 Å². The Balaban J connectivity index is 1.39. The van der Waals surface area contributed by atoms with Crippen LogP contribution in [-0.2, 0) is 0 Å². The van der Waals surface area contributed by atoms with E-state index >= 15 is 0 Å². The van der Waals surface area contributed by atoms with E-state index in [0.717, 1.165) is 16.6 Å². The second-order valence-electron chi connectivity index (χ2n) is 10.5. The van der Waals surface area contributed by atoms with Gasteiger partial charge in [0.05, 0.1) is 0 Å². The zero-order valence-electron chi connectivity index (χ0n) is 21.1. The third-order valence-electron chi connectivity index (χ3n) is 8.44. The van der Waals surface area contributed by atoms with Crippen molar-refractivity contribution in [3.8, 4) is 22.3 Å². The van der Waals surface area contributed by atoms with Gasteiger partial charge >= 0.3 is 0 Å². The van der Waals surface area contributed by atoms with Crippen LogP contribution in [0.1, 0.15) is 0 Å². The van der Waals surface area contributed by atoms with Crippen LogP contribution in [0.4, 0.5) is 0 Å². The maximum absolute atomic E-state index is 6.24. The lowest BCUT2D eigenvalue weighted by Gasteiger charge is -2.17. The fourth-order valence-electron chi connectivity index (χ4n) is 6.73. The summed E-state index contributed by atoms with van der Waals surface area (Å²) >= 11 is 0. The second kappa shape index (κ2) is 7.69.